The summed E-state index contributed by atoms with van der Waals surface area (Å²) in [6.07, 6.45) is 0. The van der Waals surface area contributed by atoms with Gasteiger partial charge in [0.15, 0.2) is 17.5 Å². The van der Waals surface area contributed by atoms with Gasteiger partial charge in [-0.3, -0.25) is 0 Å². The summed E-state index contributed by atoms with van der Waals surface area (Å²) < 4.78 is 2.42. The molecule has 0 aliphatic carbocycles. The molecule has 11 aromatic rings. The first-order chi connectivity index (χ1) is 27.3. The molecule has 0 spiro atoms. The van der Waals surface area contributed by atoms with Crippen molar-refractivity contribution >= 4 is 54.1 Å². The molecule has 55 heavy (non-hydrogen) atoms. The van der Waals surface area contributed by atoms with Gasteiger partial charge in [-0.15, -0.1) is 0 Å². The highest BCUT2D eigenvalue weighted by Gasteiger charge is 2.17. The first-order valence-electron chi connectivity index (χ1n) is 18.6. The minimum atomic E-state index is 0.645. The number of rotatable bonds is 5. The summed E-state index contributed by atoms with van der Waals surface area (Å²) in [5.74, 6) is 1.95. The van der Waals surface area contributed by atoms with Crippen molar-refractivity contribution in [1.29, 1.82) is 0 Å². The van der Waals surface area contributed by atoms with Gasteiger partial charge in [0.2, 0.25) is 0 Å². The van der Waals surface area contributed by atoms with E-state index in [0.717, 1.165) is 27.8 Å². The average Bonchev–Trinajstić information content (AvgIpc) is 3.60. The zero-order chi connectivity index (χ0) is 36.3. The fourth-order valence-electron chi connectivity index (χ4n) is 8.22. The first kappa shape index (κ1) is 31.1. The first-order valence-corrected chi connectivity index (χ1v) is 18.6. The second-order valence-electron chi connectivity index (χ2n) is 14.0. The van der Waals surface area contributed by atoms with Crippen LogP contribution < -0.4 is 0 Å². The highest BCUT2D eigenvalue weighted by Crippen LogP contribution is 2.40. The normalized spacial score (nSPS) is 11.6. The Morgan fingerprint density at radius 3 is 1.36 bits per heavy atom. The smallest absolute Gasteiger partial charge is 0.164 e. The molecular formula is C51H32N4. The molecule has 2 heterocycles. The fourth-order valence-corrected chi connectivity index (χ4v) is 8.22. The Kier molecular flexibility index (Phi) is 7.14. The van der Waals surface area contributed by atoms with Crippen LogP contribution in [0, 0.1) is 0 Å². The van der Waals surface area contributed by atoms with Gasteiger partial charge in [-0.1, -0.05) is 164 Å². The van der Waals surface area contributed by atoms with E-state index in [1.54, 1.807) is 0 Å². The topological polar surface area (TPSA) is 43.6 Å². The number of para-hydroxylation sites is 1. The Balaban J connectivity index is 1.14. The summed E-state index contributed by atoms with van der Waals surface area (Å²) in [7, 11) is 0. The molecule has 4 heteroatoms. The van der Waals surface area contributed by atoms with Gasteiger partial charge < -0.3 is 4.57 Å². The molecule has 0 saturated heterocycles. The second-order valence-corrected chi connectivity index (χ2v) is 14.0. The van der Waals surface area contributed by atoms with E-state index in [1.807, 2.05) is 60.7 Å². The van der Waals surface area contributed by atoms with E-state index in [4.69, 9.17) is 15.0 Å². The summed E-state index contributed by atoms with van der Waals surface area (Å²) in [6.45, 7) is 0. The zero-order valence-electron chi connectivity index (χ0n) is 29.8. The van der Waals surface area contributed by atoms with Crippen molar-refractivity contribution in [2.24, 2.45) is 0 Å². The summed E-state index contributed by atoms with van der Waals surface area (Å²) in [5.41, 5.74) is 8.76. The van der Waals surface area contributed by atoms with Crippen LogP contribution in [-0.4, -0.2) is 19.5 Å². The van der Waals surface area contributed by atoms with Crippen molar-refractivity contribution in [3.63, 3.8) is 0 Å². The SMILES string of the molecule is c1ccc(-c2ccc3c4ccccc4n(-c4ccc5c6ccccc6c6cc(-c7nc(-c8ccccc8)nc(-c8ccccc8)n7)ccc6c5c4)c3c2)cc1. The lowest BCUT2D eigenvalue weighted by molar-refractivity contribution is 1.07. The number of benzene rings is 9. The maximum absolute atomic E-state index is 5.06. The molecule has 4 nitrogen and oxygen atoms in total. The van der Waals surface area contributed by atoms with E-state index in [-0.39, 0.29) is 0 Å². The molecule has 0 atom stereocenters. The zero-order valence-corrected chi connectivity index (χ0v) is 29.8. The molecule has 0 amide bonds. The summed E-state index contributed by atoms with van der Waals surface area (Å²) in [4.78, 5) is 15.0. The number of hydrogen-bond acceptors (Lipinski definition) is 3. The summed E-state index contributed by atoms with van der Waals surface area (Å²) in [6, 6.07) is 68.8. The predicted octanol–water partition coefficient (Wildman–Crippen LogP) is 13.1. The third kappa shape index (κ3) is 5.19. The van der Waals surface area contributed by atoms with E-state index in [0.29, 0.717) is 17.5 Å². The molecule has 0 radical (unpaired) electrons. The molecule has 0 fully saturated rings. The number of aromatic nitrogens is 4. The number of nitrogens with zero attached hydrogens (tertiary/aromatic N) is 4. The molecule has 0 N–H and O–H groups in total. The molecule has 256 valence electrons. The highest BCUT2D eigenvalue weighted by molar-refractivity contribution is 6.26. The van der Waals surface area contributed by atoms with Crippen molar-refractivity contribution in [3.8, 4) is 51.0 Å². The van der Waals surface area contributed by atoms with Crippen LogP contribution in [0.25, 0.3) is 105 Å². The minimum Gasteiger partial charge on any atom is -0.309 e. The van der Waals surface area contributed by atoms with Crippen molar-refractivity contribution in [2.75, 3.05) is 0 Å². The predicted molar refractivity (Wildman–Crippen MR) is 228 cm³/mol. The molecule has 2 aromatic heterocycles. The summed E-state index contributed by atoms with van der Waals surface area (Å²) >= 11 is 0. The Hall–Kier alpha value is -7.43. The Morgan fingerprint density at radius 1 is 0.255 bits per heavy atom. The van der Waals surface area contributed by atoms with Gasteiger partial charge in [0.05, 0.1) is 11.0 Å². The lowest BCUT2D eigenvalue weighted by Crippen LogP contribution is -2.00. The van der Waals surface area contributed by atoms with Gasteiger partial charge in [0.1, 0.15) is 0 Å². The monoisotopic (exact) mass is 700 g/mol. The van der Waals surface area contributed by atoms with Crippen LogP contribution in [0.5, 0.6) is 0 Å². The molecule has 0 bridgehead atoms. The van der Waals surface area contributed by atoms with Crippen LogP contribution in [-0.2, 0) is 0 Å². The van der Waals surface area contributed by atoms with Crippen molar-refractivity contribution in [3.05, 3.63) is 194 Å². The highest BCUT2D eigenvalue weighted by atomic mass is 15.0. The third-order valence-corrected chi connectivity index (χ3v) is 10.8. The van der Waals surface area contributed by atoms with Crippen molar-refractivity contribution in [1.82, 2.24) is 19.5 Å². The van der Waals surface area contributed by atoms with Crippen LogP contribution in [0.4, 0.5) is 0 Å². The van der Waals surface area contributed by atoms with E-state index >= 15 is 0 Å². The molecule has 0 saturated carbocycles. The summed E-state index contributed by atoms with van der Waals surface area (Å²) in [5, 5.41) is 9.67. The Labute approximate surface area is 317 Å². The minimum absolute atomic E-state index is 0.645. The lowest BCUT2D eigenvalue weighted by Gasteiger charge is -2.15. The van der Waals surface area contributed by atoms with E-state index in [1.165, 1.54) is 59.9 Å². The van der Waals surface area contributed by atoms with E-state index < -0.39 is 0 Å². The van der Waals surface area contributed by atoms with Gasteiger partial charge in [-0.25, -0.2) is 15.0 Å². The van der Waals surface area contributed by atoms with Crippen LogP contribution in [0.3, 0.4) is 0 Å². The van der Waals surface area contributed by atoms with Crippen LogP contribution in [0.2, 0.25) is 0 Å². The van der Waals surface area contributed by atoms with Crippen LogP contribution in [0.1, 0.15) is 0 Å². The largest absolute Gasteiger partial charge is 0.309 e. The fraction of sp³-hybridized carbons (Fsp3) is 0. The van der Waals surface area contributed by atoms with Crippen LogP contribution >= 0.6 is 0 Å². The molecule has 0 aliphatic rings. The van der Waals surface area contributed by atoms with Gasteiger partial charge >= 0.3 is 0 Å². The van der Waals surface area contributed by atoms with Crippen LogP contribution in [0.15, 0.2) is 194 Å². The van der Waals surface area contributed by atoms with E-state index in [2.05, 4.69) is 138 Å². The molecule has 11 rings (SSSR count). The van der Waals surface area contributed by atoms with Gasteiger partial charge in [-0.2, -0.15) is 0 Å². The Bertz CT molecular complexity index is 3180. The van der Waals surface area contributed by atoms with Gasteiger partial charge in [0.25, 0.3) is 0 Å². The second kappa shape index (κ2) is 12.6. The molecule has 0 unspecified atom stereocenters. The third-order valence-electron chi connectivity index (χ3n) is 10.8. The van der Waals surface area contributed by atoms with E-state index in [9.17, 15) is 0 Å². The standard InChI is InChI=1S/C51H32N4/c1-4-14-33(15-5-1)36-24-28-44-43-22-12-13-23-47(43)55(48(44)31-36)38-26-29-41-39-20-10-11-21-40(39)45-30-37(25-27-42(45)46(41)32-38)51-53-49(34-16-6-2-7-17-34)52-50(54-51)35-18-8-3-9-19-35/h1-32H. The number of hydrogen-bond donors (Lipinski definition) is 0. The molecule has 0 aliphatic heterocycles. The number of fused-ring (bicyclic) bond motifs is 9. The van der Waals surface area contributed by atoms with Gasteiger partial charge in [-0.05, 0) is 73.8 Å². The maximum Gasteiger partial charge on any atom is 0.164 e. The quantitative estimate of drug-likeness (QED) is 0.168. The average molecular weight is 701 g/mol. The Morgan fingerprint density at radius 2 is 0.691 bits per heavy atom. The molecule has 9 aromatic carbocycles. The van der Waals surface area contributed by atoms with Crippen molar-refractivity contribution < 1.29 is 0 Å². The van der Waals surface area contributed by atoms with Gasteiger partial charge in [0, 0.05) is 33.2 Å². The molecular weight excluding hydrogens is 669 g/mol. The maximum atomic E-state index is 5.06. The lowest BCUT2D eigenvalue weighted by atomic mass is 9.93. The van der Waals surface area contributed by atoms with Crippen molar-refractivity contribution in [2.45, 2.75) is 0 Å².